The fourth-order valence-electron chi connectivity index (χ4n) is 4.26. The van der Waals surface area contributed by atoms with Crippen LogP contribution in [0.1, 0.15) is 58.8 Å². The minimum Gasteiger partial charge on any atom is -0.369 e. The molecule has 2 bridgehead atoms. The molecule has 2 saturated carbocycles. The van der Waals surface area contributed by atoms with Crippen LogP contribution in [0, 0.1) is 11.8 Å². The van der Waals surface area contributed by atoms with Gasteiger partial charge in [-0.3, -0.25) is 0 Å². The highest BCUT2D eigenvalue weighted by Crippen LogP contribution is 2.58. The Labute approximate surface area is 87.2 Å². The molecule has 2 aliphatic carbocycles. The Hall–Kier alpha value is -0.0400. The summed E-state index contributed by atoms with van der Waals surface area (Å²) in [6.07, 6.45) is 9.85. The van der Waals surface area contributed by atoms with Crippen molar-refractivity contribution in [3.8, 4) is 0 Å². The lowest BCUT2D eigenvalue weighted by atomic mass is 9.65. The predicted octanol–water partition coefficient (Wildman–Crippen LogP) is 3.52. The zero-order valence-electron chi connectivity index (χ0n) is 9.51. The third-order valence-corrected chi connectivity index (χ3v) is 5.05. The van der Waals surface area contributed by atoms with Gasteiger partial charge >= 0.3 is 0 Å². The van der Waals surface area contributed by atoms with Gasteiger partial charge in [-0.1, -0.05) is 12.8 Å². The predicted molar refractivity (Wildman–Crippen MR) is 57.2 cm³/mol. The van der Waals surface area contributed by atoms with E-state index in [1.165, 1.54) is 44.9 Å². The van der Waals surface area contributed by atoms with Crippen molar-refractivity contribution < 1.29 is 4.74 Å². The van der Waals surface area contributed by atoms with E-state index < -0.39 is 0 Å². The summed E-state index contributed by atoms with van der Waals surface area (Å²) in [4.78, 5) is 0. The van der Waals surface area contributed by atoms with E-state index in [0.717, 1.165) is 11.8 Å². The van der Waals surface area contributed by atoms with Crippen LogP contribution >= 0.6 is 0 Å². The fourth-order valence-corrected chi connectivity index (χ4v) is 4.26. The van der Waals surface area contributed by atoms with E-state index in [1.54, 1.807) is 0 Å². The van der Waals surface area contributed by atoms with Gasteiger partial charge in [-0.2, -0.15) is 0 Å². The summed E-state index contributed by atoms with van der Waals surface area (Å²) in [5.41, 5.74) is 0.497. The lowest BCUT2D eigenvalue weighted by molar-refractivity contribution is -0.129. The van der Waals surface area contributed by atoms with Crippen molar-refractivity contribution >= 4 is 0 Å². The van der Waals surface area contributed by atoms with Gasteiger partial charge in [0.1, 0.15) is 0 Å². The Morgan fingerprint density at radius 2 is 1.79 bits per heavy atom. The number of hydrogen-bond donors (Lipinski definition) is 0. The lowest BCUT2D eigenvalue weighted by Gasteiger charge is -2.43. The topological polar surface area (TPSA) is 9.23 Å². The highest BCUT2D eigenvalue weighted by molar-refractivity contribution is 5.06. The van der Waals surface area contributed by atoms with Gasteiger partial charge in [0.2, 0.25) is 0 Å². The summed E-state index contributed by atoms with van der Waals surface area (Å²) in [5.74, 6) is 1.74. The molecule has 0 amide bonds. The summed E-state index contributed by atoms with van der Waals surface area (Å²) < 4.78 is 6.46. The summed E-state index contributed by atoms with van der Waals surface area (Å²) in [6, 6.07) is 0. The number of rotatable bonds is 0. The zero-order valence-corrected chi connectivity index (χ0v) is 9.51. The summed E-state index contributed by atoms with van der Waals surface area (Å²) in [6.45, 7) is 4.62. The van der Waals surface area contributed by atoms with E-state index in [-0.39, 0.29) is 5.60 Å². The molecule has 3 rings (SSSR count). The first-order valence-electron chi connectivity index (χ1n) is 6.33. The smallest absolute Gasteiger partial charge is 0.0721 e. The second-order valence-corrected chi connectivity index (χ2v) is 6.19. The number of ether oxygens (including phenoxy) is 1. The van der Waals surface area contributed by atoms with Gasteiger partial charge in [0.15, 0.2) is 0 Å². The van der Waals surface area contributed by atoms with Crippen LogP contribution in [0.5, 0.6) is 0 Å². The van der Waals surface area contributed by atoms with Gasteiger partial charge < -0.3 is 4.74 Å². The monoisotopic (exact) mass is 194 g/mol. The van der Waals surface area contributed by atoms with E-state index in [1.807, 2.05) is 0 Å². The summed E-state index contributed by atoms with van der Waals surface area (Å²) in [5, 5.41) is 0. The normalized spacial score (nSPS) is 50.1. The third-order valence-electron chi connectivity index (χ3n) is 5.05. The van der Waals surface area contributed by atoms with Crippen molar-refractivity contribution in [1.29, 1.82) is 0 Å². The maximum Gasteiger partial charge on any atom is 0.0721 e. The molecule has 3 fully saturated rings. The molecule has 3 aliphatic rings. The molecular weight excluding hydrogens is 172 g/mol. The Kier molecular flexibility index (Phi) is 1.81. The van der Waals surface area contributed by atoms with E-state index in [9.17, 15) is 0 Å². The molecule has 1 spiro atoms. The van der Waals surface area contributed by atoms with Gasteiger partial charge in [0.25, 0.3) is 0 Å². The average molecular weight is 194 g/mol. The van der Waals surface area contributed by atoms with Crippen LogP contribution in [0.15, 0.2) is 0 Å². The maximum atomic E-state index is 6.46. The van der Waals surface area contributed by atoms with Crippen molar-refractivity contribution in [3.63, 3.8) is 0 Å². The van der Waals surface area contributed by atoms with Crippen LogP contribution in [0.2, 0.25) is 0 Å². The van der Waals surface area contributed by atoms with Gasteiger partial charge in [0, 0.05) is 0 Å². The first-order chi connectivity index (χ1) is 6.62. The molecule has 0 aromatic heterocycles. The molecule has 1 nitrogen and oxygen atoms in total. The van der Waals surface area contributed by atoms with E-state index in [0.29, 0.717) is 5.60 Å². The molecule has 1 aliphatic heterocycles. The summed E-state index contributed by atoms with van der Waals surface area (Å²) >= 11 is 0. The molecule has 1 saturated heterocycles. The van der Waals surface area contributed by atoms with Crippen molar-refractivity contribution in [2.75, 3.05) is 0 Å². The highest BCUT2D eigenvalue weighted by atomic mass is 16.5. The van der Waals surface area contributed by atoms with Crippen LogP contribution in [0.4, 0.5) is 0 Å². The van der Waals surface area contributed by atoms with Crippen molar-refractivity contribution in [1.82, 2.24) is 0 Å². The molecule has 3 atom stereocenters. The first kappa shape index (κ1) is 9.21. The lowest BCUT2D eigenvalue weighted by Crippen LogP contribution is -2.42. The van der Waals surface area contributed by atoms with Crippen LogP contribution in [0.25, 0.3) is 0 Å². The molecule has 2 unspecified atom stereocenters. The first-order valence-corrected chi connectivity index (χ1v) is 6.33. The molecule has 0 aromatic carbocycles. The van der Waals surface area contributed by atoms with Gasteiger partial charge in [-0.25, -0.2) is 0 Å². The van der Waals surface area contributed by atoms with Crippen molar-refractivity contribution in [3.05, 3.63) is 0 Å². The number of hydrogen-bond acceptors (Lipinski definition) is 1. The third kappa shape index (κ3) is 1.11. The molecule has 14 heavy (non-hydrogen) atoms. The molecule has 1 heterocycles. The second-order valence-electron chi connectivity index (χ2n) is 6.19. The SMILES string of the molecule is CC1(C)O[C@@]23CCCCC2CCC1C3. The fraction of sp³-hybridized carbons (Fsp3) is 1.00. The van der Waals surface area contributed by atoms with Crippen LogP contribution in [-0.4, -0.2) is 11.2 Å². The van der Waals surface area contributed by atoms with E-state index in [2.05, 4.69) is 13.8 Å². The summed E-state index contributed by atoms with van der Waals surface area (Å²) in [7, 11) is 0. The van der Waals surface area contributed by atoms with Crippen LogP contribution in [-0.2, 0) is 4.74 Å². The Bertz CT molecular complexity index is 246. The molecule has 0 N–H and O–H groups in total. The molecule has 0 aromatic rings. The van der Waals surface area contributed by atoms with Gasteiger partial charge in [0.05, 0.1) is 11.2 Å². The quantitative estimate of drug-likeness (QED) is 0.573. The Balaban J connectivity index is 1.92. The molecule has 80 valence electrons. The van der Waals surface area contributed by atoms with Crippen LogP contribution in [0.3, 0.4) is 0 Å². The zero-order chi connectivity index (χ0) is 9.81. The van der Waals surface area contributed by atoms with Crippen molar-refractivity contribution in [2.45, 2.75) is 70.0 Å². The molecule has 0 radical (unpaired) electrons. The van der Waals surface area contributed by atoms with Gasteiger partial charge in [-0.15, -0.1) is 0 Å². The standard InChI is InChI=1S/C13H22O/c1-12(2)11-7-6-10-5-3-4-8-13(10,9-11)14-12/h10-11H,3-9H2,1-2H3/t10?,11?,13-/m1/s1. The average Bonchev–Trinajstić information content (AvgIpc) is 2.33. The van der Waals surface area contributed by atoms with E-state index >= 15 is 0 Å². The Morgan fingerprint density at radius 3 is 2.64 bits per heavy atom. The minimum atomic E-state index is 0.173. The largest absolute Gasteiger partial charge is 0.369 e. The number of fused-ring (bicyclic) bond motifs is 1. The minimum absolute atomic E-state index is 0.173. The van der Waals surface area contributed by atoms with Crippen LogP contribution < -0.4 is 0 Å². The second kappa shape index (κ2) is 2.75. The van der Waals surface area contributed by atoms with Crippen molar-refractivity contribution in [2.24, 2.45) is 11.8 Å². The maximum absolute atomic E-state index is 6.46. The Morgan fingerprint density at radius 1 is 1.00 bits per heavy atom. The highest BCUT2D eigenvalue weighted by Gasteiger charge is 2.57. The van der Waals surface area contributed by atoms with Gasteiger partial charge in [-0.05, 0) is 57.8 Å². The molecule has 1 heteroatoms. The van der Waals surface area contributed by atoms with E-state index in [4.69, 9.17) is 4.74 Å². The molecular formula is C13H22O.